The molecule has 0 radical (unpaired) electrons. The molecular weight excluding hydrogens is 343 g/mol. The maximum Gasteiger partial charge on any atom is 0.416 e. The summed E-state index contributed by atoms with van der Waals surface area (Å²) < 4.78 is 39.0. The molecule has 1 nitrogen and oxygen atoms in total. The predicted molar refractivity (Wildman–Crippen MR) is 83.4 cm³/mol. The van der Waals surface area contributed by atoms with Gasteiger partial charge in [0.15, 0.2) is 0 Å². The van der Waals surface area contributed by atoms with Crippen LogP contribution in [0.2, 0.25) is 0 Å². The minimum absolute atomic E-state index is 0.221. The van der Waals surface area contributed by atoms with Crippen LogP contribution >= 0.6 is 15.9 Å². The Labute approximate surface area is 132 Å². The van der Waals surface area contributed by atoms with Gasteiger partial charge < -0.3 is 5.32 Å². The number of rotatable bonds is 2. The topological polar surface area (TPSA) is 12.0 Å². The number of halogens is 4. The molecule has 1 fully saturated rings. The number of hydrogen-bond acceptors (Lipinski definition) is 1. The molecule has 118 valence electrons. The van der Waals surface area contributed by atoms with Crippen molar-refractivity contribution in [3.8, 4) is 0 Å². The van der Waals surface area contributed by atoms with Crippen molar-refractivity contribution < 1.29 is 13.2 Å². The van der Waals surface area contributed by atoms with Crippen LogP contribution in [0.15, 0.2) is 22.7 Å². The van der Waals surface area contributed by atoms with Gasteiger partial charge in [0, 0.05) is 16.2 Å². The van der Waals surface area contributed by atoms with Crippen LogP contribution in [0.3, 0.4) is 0 Å². The molecule has 0 aliphatic heterocycles. The lowest BCUT2D eigenvalue weighted by Gasteiger charge is -2.39. The van der Waals surface area contributed by atoms with Gasteiger partial charge in [0.2, 0.25) is 0 Å². The summed E-state index contributed by atoms with van der Waals surface area (Å²) in [7, 11) is 0. The largest absolute Gasteiger partial charge is 0.416 e. The van der Waals surface area contributed by atoms with Gasteiger partial charge >= 0.3 is 6.18 Å². The normalized spacial score (nSPS) is 25.7. The molecule has 1 N–H and O–H groups in total. The highest BCUT2D eigenvalue weighted by atomic mass is 79.9. The fraction of sp³-hybridized carbons (Fsp3) is 0.625. The molecule has 21 heavy (non-hydrogen) atoms. The first kappa shape index (κ1) is 16.7. The zero-order chi connectivity index (χ0) is 15.8. The van der Waals surface area contributed by atoms with Crippen LogP contribution in [0.4, 0.5) is 18.9 Å². The summed E-state index contributed by atoms with van der Waals surface area (Å²) in [6.07, 6.45) is -1.18. The molecule has 5 heteroatoms. The molecule has 1 saturated carbocycles. The SMILES string of the molecule is CC1CC(Nc2cc(Br)cc(C(F)(F)F)c2)CC(C)(C)C1. The molecule has 0 saturated heterocycles. The summed E-state index contributed by atoms with van der Waals surface area (Å²) in [5, 5.41) is 3.29. The number of hydrogen-bond donors (Lipinski definition) is 1. The molecule has 2 unspecified atom stereocenters. The van der Waals surface area contributed by atoms with E-state index in [2.05, 4.69) is 42.0 Å². The Morgan fingerprint density at radius 3 is 2.43 bits per heavy atom. The average molecular weight is 364 g/mol. The molecule has 2 atom stereocenters. The Balaban J connectivity index is 2.18. The van der Waals surface area contributed by atoms with Crippen molar-refractivity contribution in [2.45, 2.75) is 52.3 Å². The van der Waals surface area contributed by atoms with Crippen molar-refractivity contribution in [2.24, 2.45) is 11.3 Å². The highest BCUT2D eigenvalue weighted by molar-refractivity contribution is 9.10. The molecule has 0 heterocycles. The third-order valence-electron chi connectivity index (χ3n) is 3.98. The van der Waals surface area contributed by atoms with Crippen molar-refractivity contribution >= 4 is 21.6 Å². The summed E-state index contributed by atoms with van der Waals surface area (Å²) >= 11 is 3.16. The molecule has 0 amide bonds. The second kappa shape index (κ2) is 5.82. The summed E-state index contributed by atoms with van der Waals surface area (Å²) in [6.45, 7) is 6.65. The third kappa shape index (κ3) is 4.63. The van der Waals surface area contributed by atoms with E-state index in [1.165, 1.54) is 6.07 Å². The monoisotopic (exact) mass is 363 g/mol. The summed E-state index contributed by atoms with van der Waals surface area (Å²) in [4.78, 5) is 0. The van der Waals surface area contributed by atoms with Crippen LogP contribution < -0.4 is 5.32 Å². The van der Waals surface area contributed by atoms with E-state index in [0.29, 0.717) is 16.1 Å². The van der Waals surface area contributed by atoms with Crippen LogP contribution in [-0.2, 0) is 6.18 Å². The van der Waals surface area contributed by atoms with E-state index in [1.54, 1.807) is 6.07 Å². The van der Waals surface area contributed by atoms with Crippen LogP contribution in [0.1, 0.15) is 45.6 Å². The Morgan fingerprint density at radius 1 is 1.19 bits per heavy atom. The first-order valence-corrected chi connectivity index (χ1v) is 7.99. The van der Waals surface area contributed by atoms with Crippen LogP contribution in [0.25, 0.3) is 0 Å². The molecule has 0 aromatic heterocycles. The molecule has 1 aliphatic carbocycles. The molecule has 1 aromatic rings. The van der Waals surface area contributed by atoms with Gasteiger partial charge in [-0.1, -0.05) is 36.7 Å². The quantitative estimate of drug-likeness (QED) is 0.669. The summed E-state index contributed by atoms with van der Waals surface area (Å²) in [5.41, 5.74) is 0.142. The molecular formula is C16H21BrF3N. The van der Waals surface area contributed by atoms with Crippen LogP contribution in [0, 0.1) is 11.3 Å². The van der Waals surface area contributed by atoms with E-state index in [0.717, 1.165) is 25.3 Å². The Hall–Kier alpha value is -0.710. The highest BCUT2D eigenvalue weighted by Gasteiger charge is 2.33. The minimum atomic E-state index is -4.32. The van der Waals surface area contributed by atoms with E-state index in [-0.39, 0.29) is 11.5 Å². The number of nitrogens with one attached hydrogen (secondary N) is 1. The van der Waals surface area contributed by atoms with Gasteiger partial charge in [0.05, 0.1) is 5.56 Å². The maximum atomic E-state index is 12.9. The van der Waals surface area contributed by atoms with Gasteiger partial charge in [-0.3, -0.25) is 0 Å². The van der Waals surface area contributed by atoms with E-state index in [4.69, 9.17) is 0 Å². The summed E-state index contributed by atoms with van der Waals surface area (Å²) in [6, 6.07) is 4.23. The minimum Gasteiger partial charge on any atom is -0.382 e. The van der Waals surface area contributed by atoms with Crippen molar-refractivity contribution in [1.82, 2.24) is 0 Å². The second-order valence-electron chi connectivity index (χ2n) is 6.98. The van der Waals surface area contributed by atoms with Gasteiger partial charge in [0.25, 0.3) is 0 Å². The zero-order valence-electron chi connectivity index (χ0n) is 12.5. The number of alkyl halides is 3. The average Bonchev–Trinajstić information content (AvgIpc) is 2.23. The smallest absolute Gasteiger partial charge is 0.382 e. The molecule has 2 rings (SSSR count). The fourth-order valence-electron chi connectivity index (χ4n) is 3.53. The second-order valence-corrected chi connectivity index (χ2v) is 7.90. The molecule has 1 aliphatic rings. The zero-order valence-corrected chi connectivity index (χ0v) is 14.1. The van der Waals surface area contributed by atoms with Crippen LogP contribution in [-0.4, -0.2) is 6.04 Å². The predicted octanol–water partition coefficient (Wildman–Crippen LogP) is 6.09. The van der Waals surface area contributed by atoms with E-state index >= 15 is 0 Å². The van der Waals surface area contributed by atoms with Gasteiger partial charge in [-0.15, -0.1) is 0 Å². The van der Waals surface area contributed by atoms with Crippen molar-refractivity contribution in [3.05, 3.63) is 28.2 Å². The maximum absolute atomic E-state index is 12.9. The first-order chi connectivity index (χ1) is 9.55. The van der Waals surface area contributed by atoms with Gasteiger partial charge in [0.1, 0.15) is 0 Å². The third-order valence-corrected chi connectivity index (χ3v) is 4.44. The van der Waals surface area contributed by atoms with E-state index in [9.17, 15) is 13.2 Å². The van der Waals surface area contributed by atoms with Gasteiger partial charge in [-0.05, 0) is 48.8 Å². The summed E-state index contributed by atoms with van der Waals surface area (Å²) in [5.74, 6) is 0.584. The molecule has 0 bridgehead atoms. The van der Waals surface area contributed by atoms with Crippen LogP contribution in [0.5, 0.6) is 0 Å². The fourth-order valence-corrected chi connectivity index (χ4v) is 4.02. The highest BCUT2D eigenvalue weighted by Crippen LogP contribution is 2.40. The van der Waals surface area contributed by atoms with Gasteiger partial charge in [-0.2, -0.15) is 13.2 Å². The Morgan fingerprint density at radius 2 is 1.86 bits per heavy atom. The lowest BCUT2D eigenvalue weighted by molar-refractivity contribution is -0.137. The van der Waals surface area contributed by atoms with Crippen molar-refractivity contribution in [2.75, 3.05) is 5.32 Å². The van der Waals surface area contributed by atoms with Crippen molar-refractivity contribution in [1.29, 1.82) is 0 Å². The van der Waals surface area contributed by atoms with E-state index < -0.39 is 11.7 Å². The molecule has 1 aromatic carbocycles. The molecule has 0 spiro atoms. The standard InChI is InChI=1S/C16H21BrF3N/c1-10-4-14(9-15(2,3)8-10)21-13-6-11(16(18,19)20)5-12(17)7-13/h5-7,10,14,21H,4,8-9H2,1-3H3. The number of anilines is 1. The Bertz CT molecular complexity index is 511. The number of benzene rings is 1. The van der Waals surface area contributed by atoms with Gasteiger partial charge in [-0.25, -0.2) is 0 Å². The Kier molecular flexibility index (Phi) is 4.62. The first-order valence-electron chi connectivity index (χ1n) is 7.19. The van der Waals surface area contributed by atoms with E-state index in [1.807, 2.05) is 0 Å². The lowest BCUT2D eigenvalue weighted by atomic mass is 9.70. The van der Waals surface area contributed by atoms with Crippen molar-refractivity contribution in [3.63, 3.8) is 0 Å². The lowest BCUT2D eigenvalue weighted by Crippen LogP contribution is -2.35.